The van der Waals surface area contributed by atoms with Gasteiger partial charge in [-0.15, -0.1) is 0 Å². The summed E-state index contributed by atoms with van der Waals surface area (Å²) in [5, 5.41) is 11.2. The number of hydrogen-bond acceptors (Lipinski definition) is 3. The van der Waals surface area contributed by atoms with Crippen molar-refractivity contribution in [2.45, 2.75) is 19.0 Å². The predicted octanol–water partition coefficient (Wildman–Crippen LogP) is 0.461. The Balaban J connectivity index is 2.67. The summed E-state index contributed by atoms with van der Waals surface area (Å²) in [6, 6.07) is 0. The van der Waals surface area contributed by atoms with Crippen LogP contribution in [-0.4, -0.2) is 54.7 Å². The Morgan fingerprint density at radius 2 is 2.06 bits per heavy atom. The first-order valence-corrected chi connectivity index (χ1v) is 5.46. The third-order valence-corrected chi connectivity index (χ3v) is 3.23. The van der Waals surface area contributed by atoms with Gasteiger partial charge in [0, 0.05) is 26.6 Å². The second-order valence-corrected chi connectivity index (χ2v) is 4.33. The molecule has 1 heterocycles. The van der Waals surface area contributed by atoms with Gasteiger partial charge in [0.05, 0.1) is 0 Å². The molecule has 1 aliphatic rings. The predicted molar refractivity (Wildman–Crippen MR) is 55.9 cm³/mol. The number of carboxylic acid groups (broad SMARTS) is 1. The van der Waals surface area contributed by atoms with Crippen LogP contribution in [0.15, 0.2) is 0 Å². The van der Waals surface area contributed by atoms with Crippen LogP contribution in [0.25, 0.3) is 0 Å². The Morgan fingerprint density at radius 3 is 2.44 bits per heavy atom. The smallest absolute Gasteiger partial charge is 0.406 e. The van der Waals surface area contributed by atoms with Gasteiger partial charge in [-0.2, -0.15) is 13.2 Å². The summed E-state index contributed by atoms with van der Waals surface area (Å²) in [6.45, 7) is -0.434. The molecule has 5 nitrogen and oxygen atoms in total. The second-order valence-electron chi connectivity index (χ2n) is 4.33. The topological polar surface area (TPSA) is 69.6 Å². The van der Waals surface area contributed by atoms with Crippen molar-refractivity contribution in [1.82, 2.24) is 10.2 Å². The van der Waals surface area contributed by atoms with Gasteiger partial charge in [0.1, 0.15) is 0 Å². The quantitative estimate of drug-likeness (QED) is 0.777. The van der Waals surface area contributed by atoms with Crippen molar-refractivity contribution < 1.29 is 27.9 Å². The van der Waals surface area contributed by atoms with E-state index >= 15 is 0 Å². The number of likely N-dealkylation sites (tertiary alicyclic amines) is 1. The summed E-state index contributed by atoms with van der Waals surface area (Å²) < 4.78 is 38.5. The fraction of sp³-hybridized carbons (Fsp3) is 0.800. The third-order valence-electron chi connectivity index (χ3n) is 3.23. The molecule has 0 aromatic rings. The number of carbonyl (C=O) groups excluding carboxylic acids is 1. The molecule has 0 aromatic heterocycles. The lowest BCUT2D eigenvalue weighted by Gasteiger charge is -2.27. The van der Waals surface area contributed by atoms with Crippen LogP contribution in [0.4, 0.5) is 13.2 Å². The Hall–Kier alpha value is -1.31. The minimum absolute atomic E-state index is 0.0306. The van der Waals surface area contributed by atoms with Crippen molar-refractivity contribution in [3.05, 3.63) is 0 Å². The van der Waals surface area contributed by atoms with Gasteiger partial charge in [-0.3, -0.25) is 9.59 Å². The summed E-state index contributed by atoms with van der Waals surface area (Å²) in [5.74, 6) is -2.13. The number of alkyl halides is 3. The highest BCUT2D eigenvalue weighted by Gasteiger charge is 2.63. The van der Waals surface area contributed by atoms with Crippen molar-refractivity contribution in [1.29, 1.82) is 0 Å². The van der Waals surface area contributed by atoms with E-state index in [2.05, 4.69) is 5.32 Å². The molecule has 1 aliphatic heterocycles. The summed E-state index contributed by atoms with van der Waals surface area (Å²) >= 11 is 0. The van der Waals surface area contributed by atoms with E-state index in [0.717, 1.165) is 0 Å². The monoisotopic (exact) mass is 268 g/mol. The Morgan fingerprint density at radius 1 is 1.44 bits per heavy atom. The van der Waals surface area contributed by atoms with E-state index in [9.17, 15) is 22.8 Å². The molecule has 1 unspecified atom stereocenters. The Bertz CT molecular complexity index is 346. The molecular formula is C10H15F3N2O3. The Kier molecular flexibility index (Phi) is 4.20. The molecule has 104 valence electrons. The SMILES string of the molecule is CNC(=O)CCN1CCC(C(=O)O)(C(F)(F)F)C1. The van der Waals surface area contributed by atoms with Crippen LogP contribution in [0.2, 0.25) is 0 Å². The van der Waals surface area contributed by atoms with Crippen LogP contribution < -0.4 is 5.32 Å². The van der Waals surface area contributed by atoms with Crippen molar-refractivity contribution in [2.24, 2.45) is 5.41 Å². The summed E-state index contributed by atoms with van der Waals surface area (Å²) in [4.78, 5) is 23.2. The molecule has 1 amide bonds. The Labute approximate surface area is 102 Å². The van der Waals surface area contributed by atoms with E-state index in [1.807, 2.05) is 0 Å². The number of rotatable bonds is 4. The minimum atomic E-state index is -4.78. The maximum atomic E-state index is 12.8. The van der Waals surface area contributed by atoms with Crippen molar-refractivity contribution in [2.75, 3.05) is 26.7 Å². The number of amides is 1. The molecule has 0 radical (unpaired) electrons. The second kappa shape index (κ2) is 5.13. The molecular weight excluding hydrogens is 253 g/mol. The number of aliphatic carboxylic acids is 1. The maximum Gasteiger partial charge on any atom is 0.406 e. The van der Waals surface area contributed by atoms with Crippen LogP contribution in [0, 0.1) is 5.41 Å². The molecule has 0 bridgehead atoms. The van der Waals surface area contributed by atoms with Crippen LogP contribution in [0.3, 0.4) is 0 Å². The molecule has 18 heavy (non-hydrogen) atoms. The van der Waals surface area contributed by atoms with Crippen molar-refractivity contribution in [3.8, 4) is 0 Å². The standard InChI is InChI=1S/C10H15F3N2O3/c1-14-7(16)2-4-15-5-3-9(6-15,8(17)18)10(11,12)13/h2-6H2,1H3,(H,14,16)(H,17,18). The largest absolute Gasteiger partial charge is 0.481 e. The first-order valence-electron chi connectivity index (χ1n) is 5.46. The number of carboxylic acids is 1. The normalized spacial score (nSPS) is 25.1. The molecule has 1 rings (SSSR count). The summed E-state index contributed by atoms with van der Waals surface area (Å²) in [7, 11) is 1.43. The zero-order chi connectivity index (χ0) is 14.0. The summed E-state index contributed by atoms with van der Waals surface area (Å²) in [5.41, 5.74) is -2.70. The molecule has 1 saturated heterocycles. The zero-order valence-electron chi connectivity index (χ0n) is 9.88. The lowest BCUT2D eigenvalue weighted by Crippen LogP contribution is -2.47. The number of hydrogen-bond donors (Lipinski definition) is 2. The lowest BCUT2D eigenvalue weighted by atomic mass is 9.86. The van der Waals surface area contributed by atoms with Crippen LogP contribution in [0.5, 0.6) is 0 Å². The van der Waals surface area contributed by atoms with E-state index in [-0.39, 0.29) is 25.4 Å². The molecule has 0 spiro atoms. The zero-order valence-corrected chi connectivity index (χ0v) is 9.88. The van der Waals surface area contributed by atoms with Crippen LogP contribution in [-0.2, 0) is 9.59 Å². The third kappa shape index (κ3) is 2.74. The minimum Gasteiger partial charge on any atom is -0.481 e. The highest BCUT2D eigenvalue weighted by atomic mass is 19.4. The van der Waals surface area contributed by atoms with Gasteiger partial charge in [0.25, 0.3) is 0 Å². The summed E-state index contributed by atoms with van der Waals surface area (Å²) in [6.07, 6.45) is -5.19. The molecule has 0 aliphatic carbocycles. The van der Waals surface area contributed by atoms with Gasteiger partial charge < -0.3 is 15.3 Å². The van der Waals surface area contributed by atoms with E-state index in [1.165, 1.54) is 11.9 Å². The highest BCUT2D eigenvalue weighted by molar-refractivity contribution is 5.77. The number of carbonyl (C=O) groups is 2. The van der Waals surface area contributed by atoms with E-state index < -0.39 is 30.5 Å². The average Bonchev–Trinajstić information content (AvgIpc) is 2.70. The fourth-order valence-corrected chi connectivity index (χ4v) is 1.99. The number of nitrogens with zero attached hydrogens (tertiary/aromatic N) is 1. The van der Waals surface area contributed by atoms with Gasteiger partial charge in [-0.25, -0.2) is 0 Å². The van der Waals surface area contributed by atoms with Gasteiger partial charge in [-0.1, -0.05) is 0 Å². The molecule has 2 N–H and O–H groups in total. The molecule has 0 aromatic carbocycles. The van der Waals surface area contributed by atoms with E-state index in [4.69, 9.17) is 5.11 Å². The fourth-order valence-electron chi connectivity index (χ4n) is 1.99. The highest BCUT2D eigenvalue weighted by Crippen LogP contribution is 2.45. The van der Waals surface area contributed by atoms with E-state index in [1.54, 1.807) is 0 Å². The maximum absolute atomic E-state index is 12.8. The molecule has 8 heteroatoms. The van der Waals surface area contributed by atoms with Gasteiger partial charge in [0.2, 0.25) is 5.91 Å². The van der Waals surface area contributed by atoms with Crippen molar-refractivity contribution in [3.63, 3.8) is 0 Å². The van der Waals surface area contributed by atoms with Gasteiger partial charge in [-0.05, 0) is 13.0 Å². The van der Waals surface area contributed by atoms with Crippen LogP contribution >= 0.6 is 0 Å². The van der Waals surface area contributed by atoms with Crippen molar-refractivity contribution >= 4 is 11.9 Å². The first-order chi connectivity index (χ1) is 8.23. The molecule has 1 atom stereocenters. The van der Waals surface area contributed by atoms with Gasteiger partial charge >= 0.3 is 12.1 Å². The van der Waals surface area contributed by atoms with E-state index in [0.29, 0.717) is 0 Å². The molecule has 1 fully saturated rings. The average molecular weight is 268 g/mol. The molecule has 0 saturated carbocycles. The number of nitrogens with one attached hydrogen (secondary N) is 1. The van der Waals surface area contributed by atoms with Crippen LogP contribution in [0.1, 0.15) is 12.8 Å². The first kappa shape index (κ1) is 14.7. The van der Waals surface area contributed by atoms with Gasteiger partial charge in [0.15, 0.2) is 5.41 Å². The number of halogens is 3. The lowest BCUT2D eigenvalue weighted by molar-refractivity contribution is -0.227.